The molecule has 1 aliphatic rings. The summed E-state index contributed by atoms with van der Waals surface area (Å²) in [7, 11) is 0. The van der Waals surface area contributed by atoms with E-state index in [-0.39, 0.29) is 5.56 Å². The Kier molecular flexibility index (Phi) is 2.75. The number of carbonyl (C=O) groups is 2. The van der Waals surface area contributed by atoms with Crippen LogP contribution in [0, 0.1) is 0 Å². The van der Waals surface area contributed by atoms with Gasteiger partial charge < -0.3 is 15.2 Å². The molecule has 5 heteroatoms. The minimum Gasteiger partial charge on any atom is -0.478 e. The third-order valence-electron chi connectivity index (χ3n) is 2.93. The molecule has 1 saturated heterocycles. The number of hydrogen-bond acceptors (Lipinski definition) is 3. The number of hydrogen-bond donors (Lipinski definition) is 2. The van der Waals surface area contributed by atoms with Crippen LogP contribution < -0.4 is 5.32 Å². The Morgan fingerprint density at radius 1 is 1.41 bits per heavy atom. The normalized spacial score (nSPS) is 23.7. The monoisotopic (exact) mass is 235 g/mol. The van der Waals surface area contributed by atoms with Crippen molar-refractivity contribution in [3.8, 4) is 0 Å². The van der Waals surface area contributed by atoms with Gasteiger partial charge in [-0.25, -0.2) is 9.59 Å². The van der Waals surface area contributed by atoms with Gasteiger partial charge in [-0.1, -0.05) is 12.1 Å². The Balaban J connectivity index is 2.26. The van der Waals surface area contributed by atoms with Gasteiger partial charge in [-0.2, -0.15) is 0 Å². The third kappa shape index (κ3) is 2.22. The van der Waals surface area contributed by atoms with E-state index in [4.69, 9.17) is 9.84 Å². The molecule has 1 aliphatic heterocycles. The van der Waals surface area contributed by atoms with E-state index in [2.05, 4.69) is 5.32 Å². The second kappa shape index (κ2) is 4.08. The number of nitrogens with one attached hydrogen (secondary N) is 1. The molecular formula is C12H13NO4. The third-order valence-corrected chi connectivity index (χ3v) is 2.93. The molecule has 1 fully saturated rings. The quantitative estimate of drug-likeness (QED) is 0.818. The SMILES string of the molecule is CC1(c2ccc(C(=O)O)cc2)CCNC(=O)O1. The van der Waals surface area contributed by atoms with Crippen LogP contribution in [0.4, 0.5) is 4.79 Å². The summed E-state index contributed by atoms with van der Waals surface area (Å²) in [5.74, 6) is -0.969. The van der Waals surface area contributed by atoms with E-state index in [1.807, 2.05) is 6.92 Å². The lowest BCUT2D eigenvalue weighted by Gasteiger charge is -2.34. The van der Waals surface area contributed by atoms with Crippen LogP contribution in [-0.2, 0) is 10.3 Å². The van der Waals surface area contributed by atoms with Crippen LogP contribution in [0.1, 0.15) is 29.3 Å². The lowest BCUT2D eigenvalue weighted by molar-refractivity contribution is -0.00279. The zero-order valence-corrected chi connectivity index (χ0v) is 9.40. The van der Waals surface area contributed by atoms with Crippen molar-refractivity contribution in [1.82, 2.24) is 5.32 Å². The summed E-state index contributed by atoms with van der Waals surface area (Å²) in [6.45, 7) is 2.37. The van der Waals surface area contributed by atoms with Crippen LogP contribution in [0.5, 0.6) is 0 Å². The molecule has 5 nitrogen and oxygen atoms in total. The van der Waals surface area contributed by atoms with Gasteiger partial charge in [0.25, 0.3) is 0 Å². The zero-order chi connectivity index (χ0) is 12.5. The average molecular weight is 235 g/mol. The van der Waals surface area contributed by atoms with E-state index in [9.17, 15) is 9.59 Å². The first-order valence-corrected chi connectivity index (χ1v) is 5.32. The topological polar surface area (TPSA) is 75.6 Å². The molecule has 90 valence electrons. The fraction of sp³-hybridized carbons (Fsp3) is 0.333. The number of aromatic carboxylic acids is 1. The minimum atomic E-state index is -0.969. The van der Waals surface area contributed by atoms with Crippen molar-refractivity contribution in [3.63, 3.8) is 0 Å². The first-order valence-electron chi connectivity index (χ1n) is 5.32. The van der Waals surface area contributed by atoms with Gasteiger partial charge in [0.15, 0.2) is 0 Å². The van der Waals surface area contributed by atoms with Crippen molar-refractivity contribution in [1.29, 1.82) is 0 Å². The molecular weight excluding hydrogens is 222 g/mol. The number of carboxylic acids is 1. The summed E-state index contributed by atoms with van der Waals surface area (Å²) < 4.78 is 5.26. The molecule has 2 N–H and O–H groups in total. The van der Waals surface area contributed by atoms with Crippen LogP contribution in [0.2, 0.25) is 0 Å². The molecule has 0 aliphatic carbocycles. The maximum Gasteiger partial charge on any atom is 0.408 e. The Labute approximate surface area is 98.4 Å². The van der Waals surface area contributed by atoms with Crippen molar-refractivity contribution in [2.75, 3.05) is 6.54 Å². The number of amides is 1. The van der Waals surface area contributed by atoms with E-state index < -0.39 is 17.7 Å². The van der Waals surface area contributed by atoms with Crippen LogP contribution in [0.3, 0.4) is 0 Å². The number of rotatable bonds is 2. The van der Waals surface area contributed by atoms with E-state index >= 15 is 0 Å². The smallest absolute Gasteiger partial charge is 0.408 e. The Hall–Kier alpha value is -2.04. The highest BCUT2D eigenvalue weighted by molar-refractivity contribution is 5.87. The molecule has 1 aromatic rings. The summed E-state index contributed by atoms with van der Waals surface area (Å²) in [4.78, 5) is 21.9. The lowest BCUT2D eigenvalue weighted by atomic mass is 9.91. The van der Waals surface area contributed by atoms with Crippen LogP contribution in [0.15, 0.2) is 24.3 Å². The minimum absolute atomic E-state index is 0.220. The summed E-state index contributed by atoms with van der Waals surface area (Å²) in [5, 5.41) is 11.4. The summed E-state index contributed by atoms with van der Waals surface area (Å²) in [6, 6.07) is 6.39. The van der Waals surface area contributed by atoms with Gasteiger partial charge in [-0.05, 0) is 24.6 Å². The molecule has 1 unspecified atom stereocenters. The maximum atomic E-state index is 11.2. The number of carboxylic acid groups (broad SMARTS) is 1. The summed E-state index contributed by atoms with van der Waals surface area (Å²) in [6.07, 6.45) is 0.214. The van der Waals surface area contributed by atoms with Gasteiger partial charge in [-0.3, -0.25) is 0 Å². The number of cyclic esters (lactones) is 1. The van der Waals surface area contributed by atoms with E-state index in [1.165, 1.54) is 12.1 Å². The second-order valence-electron chi connectivity index (χ2n) is 4.18. The van der Waals surface area contributed by atoms with Crippen LogP contribution in [0.25, 0.3) is 0 Å². The van der Waals surface area contributed by atoms with Gasteiger partial charge in [0.2, 0.25) is 0 Å². The molecule has 2 rings (SSSR count). The summed E-state index contributed by atoms with van der Waals surface area (Å²) in [5.41, 5.74) is 0.342. The first-order chi connectivity index (χ1) is 8.01. The molecule has 17 heavy (non-hydrogen) atoms. The van der Waals surface area contributed by atoms with Crippen molar-refractivity contribution in [3.05, 3.63) is 35.4 Å². The van der Waals surface area contributed by atoms with Crippen molar-refractivity contribution >= 4 is 12.1 Å². The van der Waals surface area contributed by atoms with Crippen molar-refractivity contribution < 1.29 is 19.4 Å². The number of alkyl carbamates (subject to hydrolysis) is 1. The Morgan fingerprint density at radius 2 is 2.06 bits per heavy atom. The first kappa shape index (κ1) is 11.4. The molecule has 0 radical (unpaired) electrons. The highest BCUT2D eigenvalue weighted by atomic mass is 16.6. The van der Waals surface area contributed by atoms with Gasteiger partial charge >= 0.3 is 12.1 Å². The second-order valence-corrected chi connectivity index (χ2v) is 4.18. The Bertz CT molecular complexity index is 454. The zero-order valence-electron chi connectivity index (χ0n) is 9.40. The van der Waals surface area contributed by atoms with Crippen LogP contribution >= 0.6 is 0 Å². The van der Waals surface area contributed by atoms with E-state index in [1.54, 1.807) is 12.1 Å². The average Bonchev–Trinajstić information content (AvgIpc) is 2.29. The molecule has 0 spiro atoms. The molecule has 1 amide bonds. The molecule has 1 aromatic carbocycles. The standard InChI is InChI=1S/C12H13NO4/c1-12(6-7-13-11(16)17-12)9-4-2-8(3-5-9)10(14)15/h2-5H,6-7H2,1H3,(H,13,16)(H,14,15). The van der Waals surface area contributed by atoms with E-state index in [0.29, 0.717) is 13.0 Å². The van der Waals surface area contributed by atoms with Crippen molar-refractivity contribution in [2.45, 2.75) is 18.9 Å². The molecule has 0 saturated carbocycles. The molecule has 1 atom stereocenters. The fourth-order valence-electron chi connectivity index (χ4n) is 1.86. The number of benzene rings is 1. The van der Waals surface area contributed by atoms with E-state index in [0.717, 1.165) is 5.56 Å². The maximum absolute atomic E-state index is 11.2. The highest BCUT2D eigenvalue weighted by Gasteiger charge is 2.34. The predicted molar refractivity (Wildman–Crippen MR) is 59.9 cm³/mol. The van der Waals surface area contributed by atoms with Crippen molar-refractivity contribution in [2.24, 2.45) is 0 Å². The molecule has 0 bridgehead atoms. The fourth-order valence-corrected chi connectivity index (χ4v) is 1.86. The molecule has 1 heterocycles. The number of carbonyl (C=O) groups excluding carboxylic acids is 1. The lowest BCUT2D eigenvalue weighted by Crippen LogP contribution is -2.43. The highest BCUT2D eigenvalue weighted by Crippen LogP contribution is 2.31. The molecule has 0 aromatic heterocycles. The van der Waals surface area contributed by atoms with Gasteiger partial charge in [0.05, 0.1) is 5.56 Å². The summed E-state index contributed by atoms with van der Waals surface area (Å²) >= 11 is 0. The van der Waals surface area contributed by atoms with Gasteiger partial charge in [0, 0.05) is 13.0 Å². The van der Waals surface area contributed by atoms with Gasteiger partial charge in [-0.15, -0.1) is 0 Å². The Morgan fingerprint density at radius 3 is 2.59 bits per heavy atom. The largest absolute Gasteiger partial charge is 0.478 e. The predicted octanol–water partition coefficient (Wildman–Crippen LogP) is 1.73. The van der Waals surface area contributed by atoms with Gasteiger partial charge in [0.1, 0.15) is 5.60 Å². The number of ether oxygens (including phenoxy) is 1. The van der Waals surface area contributed by atoms with Crippen LogP contribution in [-0.4, -0.2) is 23.7 Å².